The van der Waals surface area contributed by atoms with E-state index in [1.165, 1.54) is 4.68 Å². The minimum atomic E-state index is -0.779. The Hall–Kier alpha value is -3.88. The molecule has 30 heavy (non-hydrogen) atoms. The van der Waals surface area contributed by atoms with Crippen LogP contribution in [0.3, 0.4) is 0 Å². The molecule has 0 unspecified atom stereocenters. The average Bonchev–Trinajstić information content (AvgIpc) is 3.28. The minimum absolute atomic E-state index is 0.0787. The van der Waals surface area contributed by atoms with Crippen LogP contribution >= 0.6 is 0 Å². The Kier molecular flexibility index (Phi) is 5.34. The minimum Gasteiger partial charge on any atom is -0.497 e. The number of aromatic nitrogens is 3. The molecule has 0 spiro atoms. The second kappa shape index (κ2) is 8.24. The second-order valence-electron chi connectivity index (χ2n) is 6.62. The lowest BCUT2D eigenvalue weighted by atomic mass is 10.2. The number of carbonyl (C=O) groups is 2. The molecule has 9 nitrogen and oxygen atoms in total. The lowest BCUT2D eigenvalue weighted by Crippen LogP contribution is -2.24. The summed E-state index contributed by atoms with van der Waals surface area (Å²) < 4.78 is 12.1. The number of fused-ring (bicyclic) bond motifs is 1. The van der Waals surface area contributed by atoms with Crippen molar-refractivity contribution in [1.82, 2.24) is 14.8 Å². The molecule has 0 saturated heterocycles. The fraction of sp³-hybridized carbons (Fsp3) is 0.238. The fourth-order valence-corrected chi connectivity index (χ4v) is 3.20. The Balaban J connectivity index is 1.50. The number of hydrogen-bond acceptors (Lipinski definition) is 6. The lowest BCUT2D eigenvalue weighted by molar-refractivity contribution is -0.123. The summed E-state index contributed by atoms with van der Waals surface area (Å²) in [6.45, 7) is 2.35. The van der Waals surface area contributed by atoms with Crippen molar-refractivity contribution >= 4 is 23.5 Å². The van der Waals surface area contributed by atoms with Crippen molar-refractivity contribution in [2.75, 3.05) is 24.4 Å². The van der Waals surface area contributed by atoms with E-state index in [-0.39, 0.29) is 18.2 Å². The smallest absolute Gasteiger partial charge is 0.252 e. The van der Waals surface area contributed by atoms with Crippen molar-refractivity contribution in [2.24, 2.45) is 0 Å². The van der Waals surface area contributed by atoms with E-state index in [9.17, 15) is 9.59 Å². The van der Waals surface area contributed by atoms with E-state index in [1.807, 2.05) is 25.1 Å². The van der Waals surface area contributed by atoms with Crippen LogP contribution in [-0.2, 0) is 9.59 Å². The molecule has 0 radical (unpaired) electrons. The highest BCUT2D eigenvalue weighted by atomic mass is 16.5. The van der Waals surface area contributed by atoms with Gasteiger partial charge >= 0.3 is 0 Å². The van der Waals surface area contributed by atoms with Gasteiger partial charge in [-0.25, -0.2) is 4.68 Å². The molecule has 1 atom stereocenters. The van der Waals surface area contributed by atoms with Gasteiger partial charge in [-0.05, 0) is 43.3 Å². The highest BCUT2D eigenvalue weighted by Crippen LogP contribution is 2.30. The summed E-state index contributed by atoms with van der Waals surface area (Å²) in [5.74, 6) is 1.43. The summed E-state index contributed by atoms with van der Waals surface area (Å²) in [6, 6.07) is 13.7. The number of para-hydroxylation sites is 2. The third kappa shape index (κ3) is 3.82. The van der Waals surface area contributed by atoms with E-state index in [2.05, 4.69) is 20.7 Å². The SMILES string of the molecule is CCOc1ccccc1NC(=O)C[C@H]1C(=O)Nc2nc(-c3ccc(OC)cc3)nn21. The highest BCUT2D eigenvalue weighted by molar-refractivity contribution is 6.01. The van der Waals surface area contributed by atoms with Crippen molar-refractivity contribution in [3.05, 3.63) is 48.5 Å². The van der Waals surface area contributed by atoms with Crippen LogP contribution in [0.2, 0.25) is 0 Å². The number of hydrogen-bond donors (Lipinski definition) is 2. The first kappa shape index (κ1) is 19.4. The Morgan fingerprint density at radius 3 is 2.70 bits per heavy atom. The van der Waals surface area contributed by atoms with Crippen LogP contribution in [-0.4, -0.2) is 40.3 Å². The quantitative estimate of drug-likeness (QED) is 0.624. The molecule has 0 saturated carbocycles. The van der Waals surface area contributed by atoms with Crippen molar-refractivity contribution in [1.29, 1.82) is 0 Å². The van der Waals surface area contributed by atoms with Crippen molar-refractivity contribution in [2.45, 2.75) is 19.4 Å². The molecule has 1 aliphatic rings. The summed E-state index contributed by atoms with van der Waals surface area (Å²) in [7, 11) is 1.59. The van der Waals surface area contributed by atoms with E-state index in [0.717, 1.165) is 11.3 Å². The van der Waals surface area contributed by atoms with Gasteiger partial charge < -0.3 is 14.8 Å². The monoisotopic (exact) mass is 407 g/mol. The Bertz CT molecular complexity index is 1080. The summed E-state index contributed by atoms with van der Waals surface area (Å²) >= 11 is 0. The number of ether oxygens (including phenoxy) is 2. The largest absolute Gasteiger partial charge is 0.497 e. The number of nitrogens with zero attached hydrogens (tertiary/aromatic N) is 3. The predicted molar refractivity (Wildman–Crippen MR) is 111 cm³/mol. The zero-order chi connectivity index (χ0) is 21.1. The van der Waals surface area contributed by atoms with Crippen LogP contribution in [0.1, 0.15) is 19.4 Å². The summed E-state index contributed by atoms with van der Waals surface area (Å²) in [5.41, 5.74) is 1.33. The van der Waals surface area contributed by atoms with Gasteiger partial charge in [-0.15, -0.1) is 5.10 Å². The lowest BCUT2D eigenvalue weighted by Gasteiger charge is -2.13. The van der Waals surface area contributed by atoms with E-state index >= 15 is 0 Å². The summed E-state index contributed by atoms with van der Waals surface area (Å²) in [4.78, 5) is 29.3. The first-order valence-corrected chi connectivity index (χ1v) is 9.52. The van der Waals surface area contributed by atoms with Crippen molar-refractivity contribution in [3.8, 4) is 22.9 Å². The average molecular weight is 407 g/mol. The summed E-state index contributed by atoms with van der Waals surface area (Å²) in [6.07, 6.45) is -0.0787. The molecule has 154 valence electrons. The summed E-state index contributed by atoms with van der Waals surface area (Å²) in [5, 5.41) is 9.92. The molecule has 0 aliphatic carbocycles. The molecule has 2 aromatic carbocycles. The molecule has 1 aromatic heterocycles. The number of amides is 2. The topological polar surface area (TPSA) is 107 Å². The number of rotatable bonds is 7. The molecule has 2 amide bonds. The molecule has 2 heterocycles. The molecule has 4 rings (SSSR count). The van der Waals surface area contributed by atoms with E-state index in [4.69, 9.17) is 9.47 Å². The standard InChI is InChI=1S/C21H21N5O4/c1-3-30-17-7-5-4-6-15(17)22-18(27)12-16-20(28)24-21-23-19(25-26(16)21)13-8-10-14(29-2)11-9-13/h4-11,16H,3,12H2,1-2H3,(H,22,27)(H,23,24,25,28)/t16-/m0/s1. The van der Waals surface area contributed by atoms with E-state index < -0.39 is 6.04 Å². The van der Waals surface area contributed by atoms with Gasteiger partial charge in [0.15, 0.2) is 5.82 Å². The first-order valence-electron chi connectivity index (χ1n) is 9.52. The third-order valence-corrected chi connectivity index (χ3v) is 4.65. The van der Waals surface area contributed by atoms with Gasteiger partial charge in [0.1, 0.15) is 17.5 Å². The predicted octanol–water partition coefficient (Wildman–Crippen LogP) is 2.87. The number of benzene rings is 2. The number of carbonyl (C=O) groups excluding carboxylic acids is 2. The zero-order valence-corrected chi connectivity index (χ0v) is 16.6. The maximum absolute atomic E-state index is 12.6. The molecule has 0 fully saturated rings. The van der Waals surface area contributed by atoms with Crippen LogP contribution in [0.25, 0.3) is 11.4 Å². The van der Waals surface area contributed by atoms with Crippen LogP contribution < -0.4 is 20.1 Å². The van der Waals surface area contributed by atoms with Crippen LogP contribution in [0, 0.1) is 0 Å². The molecule has 1 aliphatic heterocycles. The molecule has 9 heteroatoms. The maximum Gasteiger partial charge on any atom is 0.252 e. The molecule has 2 N–H and O–H groups in total. The second-order valence-corrected chi connectivity index (χ2v) is 6.62. The van der Waals surface area contributed by atoms with Gasteiger partial charge in [-0.3, -0.25) is 14.9 Å². The third-order valence-electron chi connectivity index (χ3n) is 4.65. The maximum atomic E-state index is 12.6. The fourth-order valence-electron chi connectivity index (χ4n) is 3.20. The van der Waals surface area contributed by atoms with Gasteiger partial charge in [0.2, 0.25) is 11.9 Å². The Morgan fingerprint density at radius 1 is 1.20 bits per heavy atom. The molecule has 3 aromatic rings. The molecule has 0 bridgehead atoms. The normalized spacial score (nSPS) is 14.7. The van der Waals surface area contributed by atoms with E-state index in [1.54, 1.807) is 37.4 Å². The van der Waals surface area contributed by atoms with Gasteiger partial charge in [-0.1, -0.05) is 12.1 Å². The van der Waals surface area contributed by atoms with Crippen LogP contribution in [0.5, 0.6) is 11.5 Å². The number of methoxy groups -OCH3 is 1. The van der Waals surface area contributed by atoms with Gasteiger partial charge in [0.25, 0.3) is 5.91 Å². The van der Waals surface area contributed by atoms with E-state index in [0.29, 0.717) is 29.8 Å². The zero-order valence-electron chi connectivity index (χ0n) is 16.6. The van der Waals surface area contributed by atoms with Crippen molar-refractivity contribution < 1.29 is 19.1 Å². The van der Waals surface area contributed by atoms with Gasteiger partial charge in [0, 0.05) is 5.56 Å². The van der Waals surface area contributed by atoms with Crippen molar-refractivity contribution in [3.63, 3.8) is 0 Å². The van der Waals surface area contributed by atoms with Crippen LogP contribution in [0.15, 0.2) is 48.5 Å². The number of nitrogens with one attached hydrogen (secondary N) is 2. The van der Waals surface area contributed by atoms with Gasteiger partial charge in [-0.2, -0.15) is 4.98 Å². The molecular formula is C21H21N5O4. The Morgan fingerprint density at radius 2 is 1.97 bits per heavy atom. The first-order chi connectivity index (χ1) is 14.6. The number of anilines is 2. The highest BCUT2D eigenvalue weighted by Gasteiger charge is 2.35. The Labute approximate surface area is 173 Å². The molecular weight excluding hydrogens is 386 g/mol. The van der Waals surface area contributed by atoms with Gasteiger partial charge in [0.05, 0.1) is 25.8 Å². The van der Waals surface area contributed by atoms with Crippen LogP contribution in [0.4, 0.5) is 11.6 Å².